The number of carbonyl (C=O) groups excluding carboxylic acids is 2. The molecule has 0 saturated heterocycles. The van der Waals surface area contributed by atoms with Gasteiger partial charge in [0.2, 0.25) is 0 Å². The van der Waals surface area contributed by atoms with Gasteiger partial charge in [-0.05, 0) is 41.3 Å². The minimum absolute atomic E-state index is 0.365. The minimum Gasteiger partial charge on any atom is -0.268 e. The fraction of sp³-hybridized carbons (Fsp3) is 0.0476. The van der Waals surface area contributed by atoms with E-state index in [0.717, 1.165) is 15.3 Å². The molecule has 1 aliphatic heterocycles. The highest BCUT2D eigenvalue weighted by molar-refractivity contribution is 8.03. The van der Waals surface area contributed by atoms with Gasteiger partial charge in [0.25, 0.3) is 11.8 Å². The van der Waals surface area contributed by atoms with Crippen molar-refractivity contribution in [3.8, 4) is 0 Å². The molecule has 3 nitrogen and oxygen atoms in total. The second-order valence-electron chi connectivity index (χ2n) is 5.88. The third-order valence-electron chi connectivity index (χ3n) is 4.12. The quantitative estimate of drug-likeness (QED) is 0.564. The standard InChI is InChI=1S/C21H14FNO2S2/c22-15-8-10-16(11-9-15)23-20(24)18(17-7-4-12-26-17)19(21(23)25)27-13-14-5-2-1-3-6-14/h1-12H,13H2. The summed E-state index contributed by atoms with van der Waals surface area (Å²) in [7, 11) is 0. The van der Waals surface area contributed by atoms with Gasteiger partial charge in [-0.25, -0.2) is 9.29 Å². The number of hydrogen-bond donors (Lipinski definition) is 0. The normalized spacial score (nSPS) is 14.3. The Bertz CT molecular complexity index is 1010. The summed E-state index contributed by atoms with van der Waals surface area (Å²) in [6.45, 7) is 0. The number of thioether (sulfide) groups is 1. The molecule has 134 valence electrons. The second-order valence-corrected chi connectivity index (χ2v) is 7.81. The van der Waals surface area contributed by atoms with Gasteiger partial charge in [-0.2, -0.15) is 0 Å². The molecule has 0 bridgehead atoms. The molecule has 4 rings (SSSR count). The van der Waals surface area contributed by atoms with E-state index in [1.807, 2.05) is 47.8 Å². The number of halogens is 1. The van der Waals surface area contributed by atoms with Gasteiger partial charge in [-0.15, -0.1) is 23.1 Å². The number of hydrogen-bond acceptors (Lipinski definition) is 4. The van der Waals surface area contributed by atoms with E-state index in [2.05, 4.69) is 0 Å². The number of benzene rings is 2. The van der Waals surface area contributed by atoms with Crippen LogP contribution in [0.25, 0.3) is 5.57 Å². The number of thiophene rings is 1. The molecule has 1 aromatic heterocycles. The summed E-state index contributed by atoms with van der Waals surface area (Å²) in [6.07, 6.45) is 0. The van der Waals surface area contributed by atoms with Gasteiger partial charge < -0.3 is 0 Å². The van der Waals surface area contributed by atoms with Crippen LogP contribution >= 0.6 is 23.1 Å². The van der Waals surface area contributed by atoms with Gasteiger partial charge in [0.1, 0.15) is 5.82 Å². The van der Waals surface area contributed by atoms with Crippen LogP contribution < -0.4 is 4.90 Å². The van der Waals surface area contributed by atoms with Gasteiger partial charge in [-0.3, -0.25) is 9.59 Å². The Labute approximate surface area is 164 Å². The third kappa shape index (κ3) is 3.46. The lowest BCUT2D eigenvalue weighted by molar-refractivity contribution is -0.119. The van der Waals surface area contributed by atoms with Crippen molar-refractivity contribution in [1.29, 1.82) is 0 Å². The van der Waals surface area contributed by atoms with Crippen LogP contribution in [-0.4, -0.2) is 11.8 Å². The second kappa shape index (κ2) is 7.50. The fourth-order valence-electron chi connectivity index (χ4n) is 2.84. The van der Waals surface area contributed by atoms with Crippen molar-refractivity contribution >= 4 is 46.2 Å². The number of rotatable bonds is 5. The third-order valence-corrected chi connectivity index (χ3v) is 6.15. The smallest absolute Gasteiger partial charge is 0.268 e. The summed E-state index contributed by atoms with van der Waals surface area (Å²) >= 11 is 2.78. The summed E-state index contributed by atoms with van der Waals surface area (Å²) < 4.78 is 13.3. The van der Waals surface area contributed by atoms with Gasteiger partial charge in [0, 0.05) is 10.6 Å². The highest BCUT2D eigenvalue weighted by Gasteiger charge is 2.40. The molecule has 27 heavy (non-hydrogen) atoms. The maximum Gasteiger partial charge on any atom is 0.272 e. The lowest BCUT2D eigenvalue weighted by Crippen LogP contribution is -2.31. The van der Waals surface area contributed by atoms with E-state index in [4.69, 9.17) is 0 Å². The molecule has 6 heteroatoms. The van der Waals surface area contributed by atoms with Crippen LogP contribution in [0.4, 0.5) is 10.1 Å². The van der Waals surface area contributed by atoms with E-state index >= 15 is 0 Å². The molecule has 0 unspecified atom stereocenters. The van der Waals surface area contributed by atoms with Crippen molar-refractivity contribution in [1.82, 2.24) is 0 Å². The lowest BCUT2D eigenvalue weighted by Gasteiger charge is -2.15. The number of amides is 2. The zero-order chi connectivity index (χ0) is 18.8. The number of anilines is 1. The lowest BCUT2D eigenvalue weighted by atomic mass is 10.2. The zero-order valence-electron chi connectivity index (χ0n) is 14.1. The van der Waals surface area contributed by atoms with Crippen molar-refractivity contribution in [2.75, 3.05) is 4.90 Å². The molecule has 2 amide bonds. The van der Waals surface area contributed by atoms with Crippen LogP contribution in [0, 0.1) is 5.82 Å². The average Bonchev–Trinajstić information content (AvgIpc) is 3.28. The Hall–Kier alpha value is -2.70. The number of nitrogens with zero attached hydrogens (tertiary/aromatic N) is 1. The maximum atomic E-state index is 13.3. The topological polar surface area (TPSA) is 37.4 Å². The molecule has 2 heterocycles. The van der Waals surface area contributed by atoms with Crippen molar-refractivity contribution in [3.63, 3.8) is 0 Å². The van der Waals surface area contributed by atoms with Crippen LogP contribution in [0.15, 0.2) is 77.0 Å². The van der Waals surface area contributed by atoms with Gasteiger partial charge in [0.05, 0.1) is 16.2 Å². The molecule has 0 spiro atoms. The largest absolute Gasteiger partial charge is 0.272 e. The zero-order valence-corrected chi connectivity index (χ0v) is 15.7. The highest BCUT2D eigenvalue weighted by atomic mass is 32.2. The first kappa shape index (κ1) is 17.7. The Morgan fingerprint density at radius 1 is 0.889 bits per heavy atom. The summed E-state index contributed by atoms with van der Waals surface area (Å²) in [5.41, 5.74) is 1.86. The Balaban J connectivity index is 1.70. The maximum absolute atomic E-state index is 13.3. The van der Waals surface area contributed by atoms with E-state index in [9.17, 15) is 14.0 Å². The molecule has 3 aromatic rings. The molecule has 0 aliphatic carbocycles. The first-order valence-corrected chi connectivity index (χ1v) is 10.1. The molecule has 0 saturated carbocycles. The predicted octanol–water partition coefficient (Wildman–Crippen LogP) is 5.11. The predicted molar refractivity (Wildman–Crippen MR) is 108 cm³/mol. The van der Waals surface area contributed by atoms with E-state index in [1.54, 1.807) is 0 Å². The Kier molecular flexibility index (Phi) is 4.92. The molecule has 2 aromatic carbocycles. The van der Waals surface area contributed by atoms with Crippen LogP contribution in [0.3, 0.4) is 0 Å². The van der Waals surface area contributed by atoms with E-state index in [1.165, 1.54) is 47.4 Å². The molecule has 0 fully saturated rings. The van der Waals surface area contributed by atoms with Crippen LogP contribution in [0.1, 0.15) is 10.4 Å². The van der Waals surface area contributed by atoms with Crippen molar-refractivity contribution < 1.29 is 14.0 Å². The Morgan fingerprint density at radius 3 is 2.30 bits per heavy atom. The summed E-state index contributed by atoms with van der Waals surface area (Å²) in [4.78, 5) is 28.4. The first-order valence-electron chi connectivity index (χ1n) is 8.24. The molecule has 0 radical (unpaired) electrons. The number of imide groups is 1. The molecule has 0 N–H and O–H groups in total. The molecule has 0 atom stereocenters. The SMILES string of the molecule is O=C1C(SCc2ccccc2)=C(c2cccs2)C(=O)N1c1ccc(F)cc1. The summed E-state index contributed by atoms with van der Waals surface area (Å²) in [5.74, 6) is -0.565. The van der Waals surface area contributed by atoms with Crippen LogP contribution in [0.5, 0.6) is 0 Å². The summed E-state index contributed by atoms with van der Waals surface area (Å²) in [6, 6.07) is 18.9. The Morgan fingerprint density at radius 2 is 1.63 bits per heavy atom. The average molecular weight is 395 g/mol. The van der Waals surface area contributed by atoms with E-state index in [0.29, 0.717) is 21.9 Å². The monoisotopic (exact) mass is 395 g/mol. The molecular formula is C21H14FNO2S2. The van der Waals surface area contributed by atoms with E-state index < -0.39 is 5.82 Å². The van der Waals surface area contributed by atoms with Crippen LogP contribution in [0.2, 0.25) is 0 Å². The highest BCUT2D eigenvalue weighted by Crippen LogP contribution is 2.40. The van der Waals surface area contributed by atoms with Gasteiger partial charge in [0.15, 0.2) is 0 Å². The molecule has 1 aliphatic rings. The van der Waals surface area contributed by atoms with Crippen molar-refractivity contribution in [2.24, 2.45) is 0 Å². The van der Waals surface area contributed by atoms with Crippen LogP contribution in [-0.2, 0) is 15.3 Å². The fourth-order valence-corrected chi connectivity index (χ4v) is 4.73. The van der Waals surface area contributed by atoms with E-state index in [-0.39, 0.29) is 11.8 Å². The first-order chi connectivity index (χ1) is 13.1. The minimum atomic E-state index is -0.414. The molecular weight excluding hydrogens is 381 g/mol. The van der Waals surface area contributed by atoms with Gasteiger partial charge >= 0.3 is 0 Å². The summed E-state index contributed by atoms with van der Waals surface area (Å²) in [5, 5.41) is 1.88. The number of carbonyl (C=O) groups is 2. The van der Waals surface area contributed by atoms with Crippen molar-refractivity contribution in [2.45, 2.75) is 5.75 Å². The van der Waals surface area contributed by atoms with Gasteiger partial charge in [-0.1, -0.05) is 36.4 Å². The van der Waals surface area contributed by atoms with Crippen molar-refractivity contribution in [3.05, 3.63) is 93.3 Å².